The molecule has 1 aliphatic heterocycles. The van der Waals surface area contributed by atoms with Gasteiger partial charge in [0.2, 0.25) is 6.79 Å². The number of hydrogen-bond donors (Lipinski definition) is 2. The second-order valence-electron chi connectivity index (χ2n) is 4.34. The van der Waals surface area contributed by atoms with Crippen LogP contribution in [-0.4, -0.2) is 23.5 Å². The van der Waals surface area contributed by atoms with Crippen LogP contribution >= 0.6 is 0 Å². The second kappa shape index (κ2) is 4.34. The van der Waals surface area contributed by atoms with Gasteiger partial charge in [0.15, 0.2) is 11.5 Å². The summed E-state index contributed by atoms with van der Waals surface area (Å²) in [5.74, 6) is 1.58. The highest BCUT2D eigenvalue weighted by atomic mass is 16.7. The van der Waals surface area contributed by atoms with E-state index in [1.165, 1.54) is 0 Å². The minimum atomic E-state index is 0.289. The normalized spacial score (nSPS) is 13.0. The first-order chi connectivity index (χ1) is 8.78. The molecule has 0 atom stereocenters. The Bertz CT molecular complexity index is 578. The summed E-state index contributed by atoms with van der Waals surface area (Å²) in [6.07, 6.45) is 0.802. The first-order valence-electron chi connectivity index (χ1n) is 5.93. The molecule has 0 amide bonds. The number of nitrogens with two attached hydrogens (primary N) is 1. The van der Waals surface area contributed by atoms with Crippen molar-refractivity contribution in [3.05, 3.63) is 29.5 Å². The molecule has 0 aliphatic carbocycles. The third-order valence-electron chi connectivity index (χ3n) is 3.04. The summed E-state index contributed by atoms with van der Waals surface area (Å²) in [5, 5.41) is 7.31. The van der Waals surface area contributed by atoms with Crippen molar-refractivity contribution in [2.24, 2.45) is 5.73 Å². The lowest BCUT2D eigenvalue weighted by molar-refractivity contribution is 0.174. The van der Waals surface area contributed by atoms with E-state index < -0.39 is 0 Å². The maximum absolute atomic E-state index is 5.53. The topological polar surface area (TPSA) is 73.2 Å². The predicted molar refractivity (Wildman–Crippen MR) is 67.6 cm³/mol. The molecule has 0 saturated heterocycles. The molecule has 3 N–H and O–H groups in total. The molecule has 0 saturated carbocycles. The zero-order valence-corrected chi connectivity index (χ0v) is 10.2. The maximum atomic E-state index is 5.53. The second-order valence-corrected chi connectivity index (χ2v) is 4.34. The molecule has 2 aromatic rings. The molecule has 1 aromatic heterocycles. The van der Waals surface area contributed by atoms with Crippen molar-refractivity contribution in [2.45, 2.75) is 13.3 Å². The van der Waals surface area contributed by atoms with E-state index >= 15 is 0 Å². The van der Waals surface area contributed by atoms with Gasteiger partial charge in [-0.1, -0.05) is 0 Å². The Hall–Kier alpha value is -2.01. The first kappa shape index (κ1) is 11.1. The van der Waals surface area contributed by atoms with E-state index in [0.717, 1.165) is 40.4 Å². The Balaban J connectivity index is 2.00. The molecule has 5 heteroatoms. The van der Waals surface area contributed by atoms with E-state index in [0.29, 0.717) is 6.54 Å². The van der Waals surface area contributed by atoms with Gasteiger partial charge < -0.3 is 15.2 Å². The van der Waals surface area contributed by atoms with Crippen molar-refractivity contribution < 1.29 is 9.47 Å². The lowest BCUT2D eigenvalue weighted by atomic mass is 10.0. The molecule has 0 unspecified atom stereocenters. The molecule has 3 rings (SSSR count). The smallest absolute Gasteiger partial charge is 0.231 e. The van der Waals surface area contributed by atoms with Gasteiger partial charge in [-0.15, -0.1) is 0 Å². The summed E-state index contributed by atoms with van der Waals surface area (Å²) in [6.45, 7) is 2.94. The largest absolute Gasteiger partial charge is 0.454 e. The van der Waals surface area contributed by atoms with Crippen LogP contribution < -0.4 is 15.2 Å². The van der Waals surface area contributed by atoms with Crippen LogP contribution in [0.4, 0.5) is 0 Å². The maximum Gasteiger partial charge on any atom is 0.231 e. The standard InChI is InChI=1S/C13H15N3O2/c1-8-4-12-13(18-7-17-12)6-10(8)11-5-9(2-3-14)15-16-11/h4-6H,2-3,7,14H2,1H3,(H,15,16). The summed E-state index contributed by atoms with van der Waals surface area (Å²) in [6, 6.07) is 5.98. The number of aryl methyl sites for hydroxylation is 1. The lowest BCUT2D eigenvalue weighted by Crippen LogP contribution is -2.02. The number of nitrogens with one attached hydrogen (secondary N) is 1. The molecule has 94 valence electrons. The lowest BCUT2D eigenvalue weighted by Gasteiger charge is -2.04. The summed E-state index contributed by atoms with van der Waals surface area (Å²) in [5.41, 5.74) is 9.66. The SMILES string of the molecule is Cc1cc2c(cc1-c1cc(CCN)[nH]n1)OCO2. The average Bonchev–Trinajstić information content (AvgIpc) is 2.96. The zero-order chi connectivity index (χ0) is 12.5. The summed E-state index contributed by atoms with van der Waals surface area (Å²) in [7, 11) is 0. The number of aromatic nitrogens is 2. The van der Waals surface area contributed by atoms with Crippen molar-refractivity contribution >= 4 is 0 Å². The summed E-state index contributed by atoms with van der Waals surface area (Å²) in [4.78, 5) is 0. The fraction of sp³-hybridized carbons (Fsp3) is 0.308. The molecule has 2 heterocycles. The van der Waals surface area contributed by atoms with Crippen LogP contribution in [0.3, 0.4) is 0 Å². The highest BCUT2D eigenvalue weighted by Gasteiger charge is 2.17. The predicted octanol–water partition coefficient (Wildman–Crippen LogP) is 1.62. The van der Waals surface area contributed by atoms with Crippen molar-refractivity contribution in [3.8, 4) is 22.8 Å². The quantitative estimate of drug-likeness (QED) is 0.861. The van der Waals surface area contributed by atoms with Crippen LogP contribution in [0.15, 0.2) is 18.2 Å². The number of benzene rings is 1. The van der Waals surface area contributed by atoms with Gasteiger partial charge in [0.1, 0.15) is 0 Å². The number of hydrogen-bond acceptors (Lipinski definition) is 4. The molecule has 1 aliphatic rings. The van der Waals surface area contributed by atoms with Crippen LogP contribution in [0.2, 0.25) is 0 Å². The van der Waals surface area contributed by atoms with Crippen LogP contribution in [0.1, 0.15) is 11.3 Å². The minimum Gasteiger partial charge on any atom is -0.454 e. The Kier molecular flexibility index (Phi) is 2.68. The molecule has 0 radical (unpaired) electrons. The van der Waals surface area contributed by atoms with Gasteiger partial charge in [-0.25, -0.2) is 0 Å². The van der Waals surface area contributed by atoms with Crippen LogP contribution in [0, 0.1) is 6.92 Å². The summed E-state index contributed by atoms with van der Waals surface area (Å²) < 4.78 is 10.7. The van der Waals surface area contributed by atoms with Gasteiger partial charge in [-0.3, -0.25) is 5.10 Å². The third-order valence-corrected chi connectivity index (χ3v) is 3.04. The fourth-order valence-electron chi connectivity index (χ4n) is 2.10. The zero-order valence-electron chi connectivity index (χ0n) is 10.2. The Morgan fingerprint density at radius 1 is 1.28 bits per heavy atom. The number of nitrogens with zero attached hydrogens (tertiary/aromatic N) is 1. The number of H-pyrrole nitrogens is 1. The molecule has 5 nitrogen and oxygen atoms in total. The monoisotopic (exact) mass is 245 g/mol. The molecule has 0 bridgehead atoms. The van der Waals surface area contributed by atoms with Gasteiger partial charge >= 0.3 is 0 Å². The highest BCUT2D eigenvalue weighted by Crippen LogP contribution is 2.37. The molecule has 1 aromatic carbocycles. The van der Waals surface area contributed by atoms with E-state index in [9.17, 15) is 0 Å². The highest BCUT2D eigenvalue weighted by molar-refractivity contribution is 5.68. The van der Waals surface area contributed by atoms with E-state index in [1.54, 1.807) is 0 Å². The molecule has 18 heavy (non-hydrogen) atoms. The number of fused-ring (bicyclic) bond motifs is 1. The van der Waals surface area contributed by atoms with Crippen molar-refractivity contribution in [3.63, 3.8) is 0 Å². The fourth-order valence-corrected chi connectivity index (χ4v) is 2.10. The average molecular weight is 245 g/mol. The van der Waals surface area contributed by atoms with Crippen LogP contribution in [0.25, 0.3) is 11.3 Å². The number of rotatable bonds is 3. The Morgan fingerprint density at radius 3 is 2.83 bits per heavy atom. The number of aromatic amines is 1. The van der Waals surface area contributed by atoms with E-state index in [4.69, 9.17) is 15.2 Å². The molecular weight excluding hydrogens is 230 g/mol. The summed E-state index contributed by atoms with van der Waals surface area (Å²) >= 11 is 0. The van der Waals surface area contributed by atoms with E-state index in [2.05, 4.69) is 10.2 Å². The minimum absolute atomic E-state index is 0.289. The number of ether oxygens (including phenoxy) is 2. The van der Waals surface area contributed by atoms with Gasteiger partial charge in [0.25, 0.3) is 0 Å². The van der Waals surface area contributed by atoms with Crippen molar-refractivity contribution in [2.75, 3.05) is 13.3 Å². The third kappa shape index (κ3) is 1.82. The Morgan fingerprint density at radius 2 is 2.06 bits per heavy atom. The van der Waals surface area contributed by atoms with Gasteiger partial charge in [0, 0.05) is 17.7 Å². The van der Waals surface area contributed by atoms with Crippen molar-refractivity contribution in [1.29, 1.82) is 0 Å². The van der Waals surface area contributed by atoms with Crippen molar-refractivity contribution in [1.82, 2.24) is 10.2 Å². The van der Waals surface area contributed by atoms with E-state index in [1.807, 2.05) is 25.1 Å². The first-order valence-corrected chi connectivity index (χ1v) is 5.93. The van der Waals surface area contributed by atoms with Gasteiger partial charge in [-0.05, 0) is 37.2 Å². The van der Waals surface area contributed by atoms with Gasteiger partial charge in [0.05, 0.1) is 5.69 Å². The molecule has 0 fully saturated rings. The van der Waals surface area contributed by atoms with Crippen LogP contribution in [0.5, 0.6) is 11.5 Å². The molecular formula is C13H15N3O2. The van der Waals surface area contributed by atoms with Gasteiger partial charge in [-0.2, -0.15) is 5.10 Å². The van der Waals surface area contributed by atoms with Crippen LogP contribution in [-0.2, 0) is 6.42 Å². The Labute approximate surface area is 105 Å². The van der Waals surface area contributed by atoms with E-state index in [-0.39, 0.29) is 6.79 Å². The molecule has 0 spiro atoms.